The molecule has 0 aliphatic heterocycles. The number of hydrogen-bond donors (Lipinski definition) is 0. The van der Waals surface area contributed by atoms with Gasteiger partial charge in [0.05, 0.1) is 9.79 Å². The Bertz CT molecular complexity index is 1200. The molecule has 2 aromatic rings. The van der Waals surface area contributed by atoms with E-state index in [1.807, 2.05) is 0 Å². The molecule has 0 aromatic heterocycles. The summed E-state index contributed by atoms with van der Waals surface area (Å²) >= 11 is 0. The standard InChI is InChI=1S/2C18H30O3S.Ca/c2*1-6-18(15(5)12-14(4)11-13(2)3)16-7-9-17(10-8-16)22(19,20)21;/h2*7-10,13-15,18H,6,11-12H2,1-5H3,(H,19,20,21);/q;;+2/p-2. The van der Waals surface area contributed by atoms with Gasteiger partial charge in [-0.25, -0.2) is 16.8 Å². The molecule has 0 fully saturated rings. The first-order valence-corrected chi connectivity index (χ1v) is 19.2. The Labute approximate surface area is 306 Å². The average Bonchev–Trinajstić information content (AvgIpc) is 2.88. The zero-order valence-electron chi connectivity index (χ0n) is 29.5. The summed E-state index contributed by atoms with van der Waals surface area (Å²) in [6, 6.07) is 12.9. The molecule has 0 N–H and O–H groups in total. The van der Waals surface area contributed by atoms with Crippen molar-refractivity contribution in [3.05, 3.63) is 59.7 Å². The minimum atomic E-state index is -4.35. The predicted octanol–water partition coefficient (Wildman–Crippen LogP) is 9.20. The molecular formula is C36H58CaO6S2. The Morgan fingerprint density at radius 2 is 0.778 bits per heavy atom. The van der Waals surface area contributed by atoms with Crippen LogP contribution in [0.15, 0.2) is 58.3 Å². The largest absolute Gasteiger partial charge is 2.00 e. The van der Waals surface area contributed by atoms with E-state index in [1.165, 1.54) is 37.1 Å². The van der Waals surface area contributed by atoms with Crippen molar-refractivity contribution in [3.8, 4) is 0 Å². The van der Waals surface area contributed by atoms with Crippen molar-refractivity contribution in [2.24, 2.45) is 35.5 Å². The number of benzene rings is 2. The Hall–Kier alpha value is -0.480. The van der Waals surface area contributed by atoms with E-state index in [0.29, 0.717) is 47.3 Å². The van der Waals surface area contributed by atoms with Gasteiger partial charge in [-0.1, -0.05) is 93.5 Å². The predicted molar refractivity (Wildman–Crippen MR) is 185 cm³/mol. The molecule has 252 valence electrons. The molecule has 6 atom stereocenters. The van der Waals surface area contributed by atoms with Crippen LogP contribution in [0.25, 0.3) is 0 Å². The van der Waals surface area contributed by atoms with Crippen molar-refractivity contribution >= 4 is 58.0 Å². The summed E-state index contributed by atoms with van der Waals surface area (Å²) < 4.78 is 66.1. The van der Waals surface area contributed by atoms with E-state index < -0.39 is 20.2 Å². The van der Waals surface area contributed by atoms with E-state index >= 15 is 0 Å². The van der Waals surface area contributed by atoms with Gasteiger partial charge in [0.15, 0.2) is 0 Å². The molecule has 45 heavy (non-hydrogen) atoms. The molecule has 0 spiro atoms. The van der Waals surface area contributed by atoms with E-state index in [0.717, 1.165) is 36.8 Å². The molecular weight excluding hydrogens is 633 g/mol. The van der Waals surface area contributed by atoms with Gasteiger partial charge in [-0.3, -0.25) is 0 Å². The quantitative estimate of drug-likeness (QED) is 0.128. The molecule has 0 bridgehead atoms. The van der Waals surface area contributed by atoms with Crippen LogP contribution < -0.4 is 0 Å². The fourth-order valence-electron chi connectivity index (χ4n) is 7.10. The maximum atomic E-state index is 11.0. The molecule has 0 heterocycles. The molecule has 0 aliphatic carbocycles. The first-order valence-electron chi connectivity index (χ1n) is 16.4. The molecule has 0 saturated heterocycles. The van der Waals surface area contributed by atoms with Crippen LogP contribution in [-0.4, -0.2) is 63.7 Å². The molecule has 0 saturated carbocycles. The Morgan fingerprint density at radius 1 is 0.511 bits per heavy atom. The second-order valence-electron chi connectivity index (χ2n) is 14.0. The molecule has 2 rings (SSSR count). The monoisotopic (exact) mass is 690 g/mol. The Kier molecular flexibility index (Phi) is 20.6. The first-order chi connectivity index (χ1) is 20.3. The maximum absolute atomic E-state index is 11.0. The van der Waals surface area contributed by atoms with E-state index in [9.17, 15) is 25.9 Å². The van der Waals surface area contributed by atoms with Crippen molar-refractivity contribution in [1.82, 2.24) is 0 Å². The normalized spacial score (nSPS) is 16.1. The zero-order chi connectivity index (χ0) is 33.8. The van der Waals surface area contributed by atoms with Gasteiger partial charge in [0.2, 0.25) is 0 Å². The molecule has 9 heteroatoms. The van der Waals surface area contributed by atoms with Crippen molar-refractivity contribution in [2.75, 3.05) is 0 Å². The third-order valence-corrected chi connectivity index (χ3v) is 10.4. The van der Waals surface area contributed by atoms with Crippen LogP contribution in [0.5, 0.6) is 0 Å². The van der Waals surface area contributed by atoms with E-state index in [2.05, 4.69) is 69.2 Å². The SMILES string of the molecule is CCC(c1ccc(S(=O)(=O)[O-])cc1)C(C)CC(C)CC(C)C.CCC(c1ccc(S(=O)(=O)[O-])cc1)C(C)CC(C)CC(C)C.[Ca+2]. The summed E-state index contributed by atoms with van der Waals surface area (Å²) in [6.45, 7) is 22.5. The third kappa shape index (κ3) is 16.5. The van der Waals surface area contributed by atoms with Crippen molar-refractivity contribution in [1.29, 1.82) is 0 Å². The Morgan fingerprint density at radius 3 is 0.978 bits per heavy atom. The third-order valence-electron chi connectivity index (χ3n) is 8.74. The van der Waals surface area contributed by atoms with E-state index in [-0.39, 0.29) is 47.5 Å². The van der Waals surface area contributed by atoms with Crippen molar-refractivity contribution in [2.45, 2.75) is 129 Å². The van der Waals surface area contributed by atoms with Gasteiger partial charge in [-0.15, -0.1) is 0 Å². The average molecular weight is 691 g/mol. The van der Waals surface area contributed by atoms with Crippen LogP contribution in [0.2, 0.25) is 0 Å². The number of hydrogen-bond acceptors (Lipinski definition) is 6. The van der Waals surface area contributed by atoms with Crippen molar-refractivity contribution in [3.63, 3.8) is 0 Å². The van der Waals surface area contributed by atoms with Crippen LogP contribution >= 0.6 is 0 Å². The zero-order valence-corrected chi connectivity index (χ0v) is 33.3. The van der Waals surface area contributed by atoms with Gasteiger partial charge >= 0.3 is 37.7 Å². The second kappa shape index (κ2) is 20.8. The van der Waals surface area contributed by atoms with Gasteiger partial charge < -0.3 is 9.11 Å². The fraction of sp³-hybridized carbons (Fsp3) is 0.667. The molecule has 0 radical (unpaired) electrons. The van der Waals surface area contributed by atoms with Gasteiger partial charge in [-0.05, 0) is 121 Å². The second-order valence-corrected chi connectivity index (χ2v) is 16.7. The summed E-state index contributed by atoms with van der Waals surface area (Å²) in [5.74, 6) is 4.67. The molecule has 2 aromatic carbocycles. The Balaban J connectivity index is 0.000000842. The van der Waals surface area contributed by atoms with Crippen LogP contribution in [0.3, 0.4) is 0 Å². The maximum Gasteiger partial charge on any atom is 2.00 e. The molecule has 0 aliphatic rings. The topological polar surface area (TPSA) is 114 Å². The summed E-state index contributed by atoms with van der Waals surface area (Å²) in [7, 11) is -8.71. The van der Waals surface area contributed by atoms with Gasteiger partial charge in [0.25, 0.3) is 0 Å². The summed E-state index contributed by atoms with van der Waals surface area (Å²) in [5, 5.41) is 0. The van der Waals surface area contributed by atoms with Crippen LogP contribution in [0.4, 0.5) is 0 Å². The first kappa shape index (κ1) is 44.5. The van der Waals surface area contributed by atoms with Crippen LogP contribution in [0.1, 0.15) is 131 Å². The van der Waals surface area contributed by atoms with Crippen molar-refractivity contribution < 1.29 is 25.9 Å². The summed E-state index contributed by atoms with van der Waals surface area (Å²) in [6.07, 6.45) is 6.82. The van der Waals surface area contributed by atoms with Gasteiger partial charge in [-0.2, -0.15) is 0 Å². The fourth-order valence-corrected chi connectivity index (χ4v) is 8.04. The summed E-state index contributed by atoms with van der Waals surface area (Å²) in [4.78, 5) is -0.293. The minimum Gasteiger partial charge on any atom is -0.744 e. The minimum absolute atomic E-state index is 0. The van der Waals surface area contributed by atoms with Gasteiger partial charge in [0, 0.05) is 0 Å². The van der Waals surface area contributed by atoms with Gasteiger partial charge in [0.1, 0.15) is 20.2 Å². The van der Waals surface area contributed by atoms with Crippen LogP contribution in [-0.2, 0) is 20.2 Å². The molecule has 6 nitrogen and oxygen atoms in total. The van der Waals surface area contributed by atoms with Crippen LogP contribution in [0, 0.1) is 35.5 Å². The number of rotatable bonds is 16. The van der Waals surface area contributed by atoms with E-state index in [1.54, 1.807) is 24.3 Å². The summed E-state index contributed by atoms with van der Waals surface area (Å²) in [5.41, 5.74) is 2.25. The molecule has 0 amide bonds. The smallest absolute Gasteiger partial charge is 0.744 e. The molecule has 6 unspecified atom stereocenters. The van der Waals surface area contributed by atoms with E-state index in [4.69, 9.17) is 0 Å².